The molecule has 0 fully saturated rings. The first-order chi connectivity index (χ1) is 12.4. The Morgan fingerprint density at radius 2 is 1.85 bits per heavy atom. The molecule has 0 bridgehead atoms. The van der Waals surface area contributed by atoms with Crippen LogP contribution in [0.1, 0.15) is 18.1 Å². The average Bonchev–Trinajstić information content (AvgIpc) is 3.04. The number of para-hydroxylation sites is 1. The summed E-state index contributed by atoms with van der Waals surface area (Å²) in [6.07, 6.45) is 0. The van der Waals surface area contributed by atoms with Crippen molar-refractivity contribution in [2.75, 3.05) is 5.32 Å². The molecule has 5 nitrogen and oxygen atoms in total. The number of nitrogens with zero attached hydrogens (tertiary/aromatic N) is 2. The maximum absolute atomic E-state index is 12.4. The lowest BCUT2D eigenvalue weighted by molar-refractivity contribution is -0.115. The van der Waals surface area contributed by atoms with Crippen LogP contribution in [0.4, 0.5) is 5.69 Å². The Morgan fingerprint density at radius 3 is 2.54 bits per heavy atom. The summed E-state index contributed by atoms with van der Waals surface area (Å²) in [4.78, 5) is 12.4. The molecular formula is C19H18ClN3O2S. The summed E-state index contributed by atoms with van der Waals surface area (Å²) in [5.41, 5.74) is 3.70. The third-order valence-electron chi connectivity index (χ3n) is 3.65. The Balaban J connectivity index is 1.68. The maximum Gasteiger partial charge on any atom is 0.277 e. The molecule has 1 N–H and O–H groups in total. The van der Waals surface area contributed by atoms with E-state index in [2.05, 4.69) is 21.6 Å². The molecule has 1 atom stereocenters. The number of carbonyl (C=O) groups is 1. The minimum Gasteiger partial charge on any atom is -0.411 e. The van der Waals surface area contributed by atoms with E-state index in [-0.39, 0.29) is 5.91 Å². The van der Waals surface area contributed by atoms with E-state index in [9.17, 15) is 4.79 Å². The highest BCUT2D eigenvalue weighted by Crippen LogP contribution is 2.28. The van der Waals surface area contributed by atoms with Gasteiger partial charge in [0.2, 0.25) is 11.8 Å². The first-order valence-corrected chi connectivity index (χ1v) is 9.32. The summed E-state index contributed by atoms with van der Waals surface area (Å²) in [7, 11) is 0. The number of amides is 1. The first-order valence-electron chi connectivity index (χ1n) is 8.06. The van der Waals surface area contributed by atoms with Crippen molar-refractivity contribution >= 4 is 35.0 Å². The zero-order valence-corrected chi connectivity index (χ0v) is 16.2. The van der Waals surface area contributed by atoms with E-state index in [4.69, 9.17) is 16.0 Å². The molecule has 0 saturated heterocycles. The molecule has 0 aliphatic heterocycles. The van der Waals surface area contributed by atoms with Crippen LogP contribution in [-0.4, -0.2) is 21.4 Å². The van der Waals surface area contributed by atoms with Gasteiger partial charge in [-0.25, -0.2) is 0 Å². The van der Waals surface area contributed by atoms with Crippen molar-refractivity contribution in [3.05, 3.63) is 58.6 Å². The number of thioether (sulfide) groups is 1. The van der Waals surface area contributed by atoms with Crippen LogP contribution in [0, 0.1) is 13.8 Å². The SMILES string of the molecule is Cc1cc(C)cc(-c2nnc(S[C@@H](C)C(=O)Nc3ccccc3Cl)o2)c1. The molecule has 0 aliphatic rings. The van der Waals surface area contributed by atoms with Crippen molar-refractivity contribution in [1.82, 2.24) is 10.2 Å². The zero-order chi connectivity index (χ0) is 18.7. The van der Waals surface area contributed by atoms with Gasteiger partial charge in [0, 0.05) is 5.56 Å². The number of hydrogen-bond donors (Lipinski definition) is 1. The minimum absolute atomic E-state index is 0.186. The molecule has 0 spiro atoms. The number of aromatic nitrogens is 2. The van der Waals surface area contributed by atoms with Gasteiger partial charge in [0.1, 0.15) is 0 Å². The molecule has 134 valence electrons. The van der Waals surface area contributed by atoms with Crippen molar-refractivity contribution in [2.24, 2.45) is 0 Å². The van der Waals surface area contributed by atoms with Gasteiger partial charge in [-0.2, -0.15) is 0 Å². The van der Waals surface area contributed by atoms with Crippen LogP contribution in [0.25, 0.3) is 11.5 Å². The van der Waals surface area contributed by atoms with Crippen LogP contribution in [0.3, 0.4) is 0 Å². The molecule has 0 aliphatic carbocycles. The van der Waals surface area contributed by atoms with Gasteiger partial charge in [-0.1, -0.05) is 52.7 Å². The molecule has 0 unspecified atom stereocenters. The highest BCUT2D eigenvalue weighted by atomic mass is 35.5. The predicted molar refractivity (Wildman–Crippen MR) is 105 cm³/mol. The van der Waals surface area contributed by atoms with Gasteiger partial charge in [-0.05, 0) is 45.0 Å². The number of benzene rings is 2. The normalized spacial score (nSPS) is 12.0. The van der Waals surface area contributed by atoms with E-state index in [1.54, 1.807) is 19.1 Å². The second kappa shape index (κ2) is 7.93. The molecule has 1 amide bonds. The minimum atomic E-state index is -0.418. The lowest BCUT2D eigenvalue weighted by atomic mass is 10.1. The van der Waals surface area contributed by atoms with E-state index in [1.807, 2.05) is 38.1 Å². The molecule has 0 radical (unpaired) electrons. The van der Waals surface area contributed by atoms with Gasteiger partial charge in [0.15, 0.2) is 0 Å². The van der Waals surface area contributed by atoms with Crippen molar-refractivity contribution < 1.29 is 9.21 Å². The zero-order valence-electron chi connectivity index (χ0n) is 14.6. The highest BCUT2D eigenvalue weighted by Gasteiger charge is 2.19. The third-order valence-corrected chi connectivity index (χ3v) is 4.92. The summed E-state index contributed by atoms with van der Waals surface area (Å²) in [5.74, 6) is 0.257. The lowest BCUT2D eigenvalue weighted by Crippen LogP contribution is -2.22. The number of rotatable bonds is 5. The third kappa shape index (κ3) is 4.45. The molecule has 3 aromatic rings. The van der Waals surface area contributed by atoms with Crippen LogP contribution in [0.5, 0.6) is 0 Å². The summed E-state index contributed by atoms with van der Waals surface area (Å²) in [5, 5.41) is 11.4. The van der Waals surface area contributed by atoms with E-state index in [1.165, 1.54) is 11.8 Å². The fourth-order valence-electron chi connectivity index (χ4n) is 2.47. The molecule has 7 heteroatoms. The molecular weight excluding hydrogens is 370 g/mol. The molecule has 1 aromatic heterocycles. The van der Waals surface area contributed by atoms with Crippen molar-refractivity contribution in [3.8, 4) is 11.5 Å². The van der Waals surface area contributed by atoms with Crippen LogP contribution < -0.4 is 5.32 Å². The van der Waals surface area contributed by atoms with E-state index < -0.39 is 5.25 Å². The number of nitrogens with one attached hydrogen (secondary N) is 1. The Kier molecular flexibility index (Phi) is 5.64. The van der Waals surface area contributed by atoms with Gasteiger partial charge < -0.3 is 9.73 Å². The van der Waals surface area contributed by atoms with Gasteiger partial charge in [-0.3, -0.25) is 4.79 Å². The van der Waals surface area contributed by atoms with Gasteiger partial charge in [0.25, 0.3) is 5.22 Å². The van der Waals surface area contributed by atoms with E-state index in [0.29, 0.717) is 21.8 Å². The number of halogens is 1. The van der Waals surface area contributed by atoms with Crippen LogP contribution in [0.2, 0.25) is 5.02 Å². The monoisotopic (exact) mass is 387 g/mol. The number of hydrogen-bond acceptors (Lipinski definition) is 5. The maximum atomic E-state index is 12.4. The standard InChI is InChI=1S/C19H18ClN3O2S/c1-11-8-12(2)10-14(9-11)18-22-23-19(25-18)26-13(3)17(24)21-16-7-5-4-6-15(16)20/h4-10,13H,1-3H3,(H,21,24)/t13-/m0/s1. The highest BCUT2D eigenvalue weighted by molar-refractivity contribution is 8.00. The quantitative estimate of drug-likeness (QED) is 0.615. The lowest BCUT2D eigenvalue weighted by Gasteiger charge is -2.10. The van der Waals surface area contributed by atoms with E-state index >= 15 is 0 Å². The fraction of sp³-hybridized carbons (Fsp3) is 0.211. The fourth-order valence-corrected chi connectivity index (χ4v) is 3.34. The second-order valence-electron chi connectivity index (χ2n) is 5.98. The number of aryl methyl sites for hydroxylation is 2. The summed E-state index contributed by atoms with van der Waals surface area (Å²) >= 11 is 7.27. The smallest absolute Gasteiger partial charge is 0.277 e. The average molecular weight is 388 g/mol. The van der Waals surface area contributed by atoms with Crippen molar-refractivity contribution in [2.45, 2.75) is 31.2 Å². The Hall–Kier alpha value is -2.31. The van der Waals surface area contributed by atoms with Crippen molar-refractivity contribution in [3.63, 3.8) is 0 Å². The molecule has 0 saturated carbocycles. The summed E-state index contributed by atoms with van der Waals surface area (Å²) < 4.78 is 5.71. The first kappa shape index (κ1) is 18.5. The Morgan fingerprint density at radius 1 is 1.15 bits per heavy atom. The van der Waals surface area contributed by atoms with Crippen LogP contribution in [0.15, 0.2) is 52.1 Å². The van der Waals surface area contributed by atoms with Crippen molar-refractivity contribution in [1.29, 1.82) is 0 Å². The second-order valence-corrected chi connectivity index (χ2v) is 7.68. The van der Waals surface area contributed by atoms with E-state index in [0.717, 1.165) is 16.7 Å². The molecule has 26 heavy (non-hydrogen) atoms. The van der Waals surface area contributed by atoms with Gasteiger partial charge >= 0.3 is 0 Å². The molecule has 2 aromatic carbocycles. The topological polar surface area (TPSA) is 68.0 Å². The summed E-state index contributed by atoms with van der Waals surface area (Å²) in [6, 6.07) is 13.2. The van der Waals surface area contributed by atoms with Crippen LogP contribution in [-0.2, 0) is 4.79 Å². The van der Waals surface area contributed by atoms with Crippen LogP contribution >= 0.6 is 23.4 Å². The largest absolute Gasteiger partial charge is 0.411 e. The summed E-state index contributed by atoms with van der Waals surface area (Å²) in [6.45, 7) is 5.81. The molecule has 3 rings (SSSR count). The Labute approximate surface area is 161 Å². The van der Waals surface area contributed by atoms with Gasteiger partial charge in [0.05, 0.1) is 16.0 Å². The predicted octanol–water partition coefficient (Wildman–Crippen LogP) is 5.13. The van der Waals surface area contributed by atoms with Gasteiger partial charge in [-0.15, -0.1) is 10.2 Å². The number of carbonyl (C=O) groups excluding carboxylic acids is 1. The number of anilines is 1. The Bertz CT molecular complexity index is 922. The molecule has 1 heterocycles.